The molecule has 0 radical (unpaired) electrons. The van der Waals surface area contributed by atoms with Gasteiger partial charge in [-0.25, -0.2) is 18.2 Å². The van der Waals surface area contributed by atoms with Crippen LogP contribution in [-0.4, -0.2) is 43.4 Å². The van der Waals surface area contributed by atoms with Crippen molar-refractivity contribution >= 4 is 39.0 Å². The number of amides is 1. The Kier molecular flexibility index (Phi) is 6.08. The Labute approximate surface area is 172 Å². The van der Waals surface area contributed by atoms with Crippen LogP contribution in [0.2, 0.25) is 0 Å². The molecule has 3 rings (SSSR count). The van der Waals surface area contributed by atoms with Crippen LogP contribution in [0.1, 0.15) is 16.1 Å². The minimum atomic E-state index is -3.01. The largest absolute Gasteiger partial charge is 0.397 e. The Bertz CT molecular complexity index is 973. The highest BCUT2D eigenvalue weighted by Crippen LogP contribution is 2.34. The predicted octanol–water partition coefficient (Wildman–Crippen LogP) is 2.93. The summed E-state index contributed by atoms with van der Waals surface area (Å²) in [5, 5.41) is 5.08. The van der Waals surface area contributed by atoms with Gasteiger partial charge in [0, 0.05) is 29.0 Å². The number of nitrogens with one attached hydrogen (secondary N) is 2. The number of hydrogen-bond donors (Lipinski definition) is 3. The lowest BCUT2D eigenvalue weighted by Crippen LogP contribution is -2.59. The summed E-state index contributed by atoms with van der Waals surface area (Å²) in [4.78, 5) is 20.2. The predicted molar refractivity (Wildman–Crippen MR) is 106 cm³/mol. The average Bonchev–Trinajstić information content (AvgIpc) is 2.69. The maximum Gasteiger partial charge on any atom is 0.276 e. The van der Waals surface area contributed by atoms with Crippen LogP contribution in [0, 0.1) is 5.82 Å². The van der Waals surface area contributed by atoms with Crippen LogP contribution in [0.3, 0.4) is 0 Å². The zero-order valence-corrected chi connectivity index (χ0v) is 16.8. The minimum Gasteiger partial charge on any atom is -0.397 e. The van der Waals surface area contributed by atoms with E-state index in [1.165, 1.54) is 25.4 Å². The highest BCUT2D eigenvalue weighted by atomic mass is 79.9. The standard InChI is InChI=1S/C18H17BrF3N5O2/c1-24-14-7-29-8-18(27-14,17(21)22)11-5-10(2-3-12(11)20)26-16(28)15-13(23)4-9(19)6-25-15/h2-6,17H,7-8,23H2,1H3,(H,24,27)(H,26,28)/t18-/m0/s1. The quantitative estimate of drug-likeness (QED) is 0.636. The number of anilines is 2. The molecule has 7 nitrogen and oxygen atoms in total. The molecule has 1 saturated heterocycles. The molecule has 29 heavy (non-hydrogen) atoms. The number of amidine groups is 1. The summed E-state index contributed by atoms with van der Waals surface area (Å²) in [6.07, 6.45) is -1.62. The maximum absolute atomic E-state index is 14.5. The highest BCUT2D eigenvalue weighted by molar-refractivity contribution is 9.10. The number of alkyl halides is 2. The lowest BCUT2D eigenvalue weighted by atomic mass is 9.89. The first-order chi connectivity index (χ1) is 13.8. The van der Waals surface area contributed by atoms with Gasteiger partial charge in [0.15, 0.2) is 11.2 Å². The first kappa shape index (κ1) is 21.1. The first-order valence-electron chi connectivity index (χ1n) is 8.39. The summed E-state index contributed by atoms with van der Waals surface area (Å²) >= 11 is 3.19. The number of nitrogens with two attached hydrogens (primary N) is 1. The van der Waals surface area contributed by atoms with Gasteiger partial charge >= 0.3 is 0 Å². The van der Waals surface area contributed by atoms with E-state index in [0.717, 1.165) is 12.1 Å². The van der Waals surface area contributed by atoms with Crippen molar-refractivity contribution < 1.29 is 22.7 Å². The molecule has 11 heteroatoms. The second kappa shape index (κ2) is 8.37. The summed E-state index contributed by atoms with van der Waals surface area (Å²) in [5.41, 5.74) is 3.44. The Balaban J connectivity index is 1.96. The Morgan fingerprint density at radius 3 is 2.86 bits per heavy atom. The SMILES string of the molecule is CN=C1COC[C@](c2cc(NC(=O)c3ncc(Br)cc3N)ccc2F)(C(F)F)N1. The molecule has 0 saturated carbocycles. The number of carbonyl (C=O) groups excluding carboxylic acids is 1. The zero-order valence-electron chi connectivity index (χ0n) is 15.2. The number of aliphatic imine (C=N–C) groups is 1. The summed E-state index contributed by atoms with van der Waals surface area (Å²) in [6.45, 7) is -0.462. The third kappa shape index (κ3) is 4.20. The summed E-state index contributed by atoms with van der Waals surface area (Å²) < 4.78 is 48.4. The van der Waals surface area contributed by atoms with Crippen molar-refractivity contribution in [3.8, 4) is 0 Å². The average molecular weight is 472 g/mol. The van der Waals surface area contributed by atoms with Crippen LogP contribution in [0.25, 0.3) is 0 Å². The monoisotopic (exact) mass is 471 g/mol. The van der Waals surface area contributed by atoms with Gasteiger partial charge in [0.1, 0.15) is 18.3 Å². The van der Waals surface area contributed by atoms with E-state index in [1.807, 2.05) is 0 Å². The molecule has 1 amide bonds. The van der Waals surface area contributed by atoms with Crippen molar-refractivity contribution in [2.45, 2.75) is 12.0 Å². The molecule has 1 fully saturated rings. The number of nitrogens with zero attached hydrogens (tertiary/aromatic N) is 2. The molecule has 0 unspecified atom stereocenters. The lowest BCUT2D eigenvalue weighted by molar-refractivity contribution is -0.0332. The molecule has 0 spiro atoms. The summed E-state index contributed by atoms with van der Waals surface area (Å²) in [6, 6.07) is 4.87. The molecule has 154 valence electrons. The molecule has 1 aromatic heterocycles. The van der Waals surface area contributed by atoms with E-state index in [1.54, 1.807) is 0 Å². The van der Waals surface area contributed by atoms with Crippen molar-refractivity contribution in [1.29, 1.82) is 0 Å². The van der Waals surface area contributed by atoms with Crippen LogP contribution in [0.15, 0.2) is 39.9 Å². The van der Waals surface area contributed by atoms with Gasteiger partial charge in [-0.2, -0.15) is 0 Å². The number of hydrogen-bond acceptors (Lipinski definition) is 5. The summed E-state index contributed by atoms with van der Waals surface area (Å²) in [7, 11) is 1.41. The van der Waals surface area contributed by atoms with Crippen LogP contribution in [0.5, 0.6) is 0 Å². The molecule has 1 atom stereocenters. The number of halogens is 4. The van der Waals surface area contributed by atoms with Crippen molar-refractivity contribution in [3.05, 3.63) is 52.0 Å². The number of ether oxygens (including phenoxy) is 1. The van der Waals surface area contributed by atoms with Gasteiger partial charge in [0.05, 0.1) is 12.3 Å². The van der Waals surface area contributed by atoms with Crippen LogP contribution >= 0.6 is 15.9 Å². The Morgan fingerprint density at radius 2 is 2.21 bits per heavy atom. The van der Waals surface area contributed by atoms with Gasteiger partial charge in [-0.1, -0.05) is 0 Å². The lowest BCUT2D eigenvalue weighted by Gasteiger charge is -2.39. The van der Waals surface area contributed by atoms with Crippen molar-refractivity contribution in [2.24, 2.45) is 4.99 Å². The fourth-order valence-electron chi connectivity index (χ4n) is 2.92. The van der Waals surface area contributed by atoms with Crippen LogP contribution in [-0.2, 0) is 10.3 Å². The number of benzene rings is 1. The number of nitrogen functional groups attached to an aromatic ring is 1. The number of rotatable bonds is 4. The topological polar surface area (TPSA) is 102 Å². The van der Waals surface area contributed by atoms with Gasteiger partial charge in [-0.15, -0.1) is 0 Å². The van der Waals surface area contributed by atoms with Gasteiger partial charge in [0.2, 0.25) is 0 Å². The molecule has 1 aliphatic rings. The fourth-order valence-corrected chi connectivity index (χ4v) is 3.27. The normalized spacial score (nSPS) is 20.6. The van der Waals surface area contributed by atoms with Crippen LogP contribution < -0.4 is 16.4 Å². The second-order valence-electron chi connectivity index (χ2n) is 6.30. The zero-order chi connectivity index (χ0) is 21.2. The van der Waals surface area contributed by atoms with Crippen molar-refractivity contribution in [2.75, 3.05) is 31.3 Å². The number of aromatic nitrogens is 1. The number of carbonyl (C=O) groups is 1. The first-order valence-corrected chi connectivity index (χ1v) is 9.18. The van der Waals surface area contributed by atoms with E-state index >= 15 is 0 Å². The van der Waals surface area contributed by atoms with Crippen LogP contribution in [0.4, 0.5) is 24.5 Å². The van der Waals surface area contributed by atoms with Gasteiger partial charge < -0.3 is 21.1 Å². The van der Waals surface area contributed by atoms with Gasteiger partial charge in [-0.3, -0.25) is 9.79 Å². The molecule has 4 N–H and O–H groups in total. The molecule has 0 bridgehead atoms. The van der Waals surface area contributed by atoms with E-state index in [9.17, 15) is 18.0 Å². The Morgan fingerprint density at radius 1 is 1.45 bits per heavy atom. The third-order valence-electron chi connectivity index (χ3n) is 4.38. The molecule has 1 aromatic carbocycles. The molecule has 2 aromatic rings. The highest BCUT2D eigenvalue weighted by Gasteiger charge is 2.47. The van der Waals surface area contributed by atoms with E-state index in [-0.39, 0.29) is 35.1 Å². The van der Waals surface area contributed by atoms with E-state index in [2.05, 4.69) is 36.5 Å². The van der Waals surface area contributed by atoms with Gasteiger partial charge in [0.25, 0.3) is 12.3 Å². The Hall–Kier alpha value is -2.66. The minimum absolute atomic E-state index is 0.0114. The third-order valence-corrected chi connectivity index (χ3v) is 4.82. The van der Waals surface area contributed by atoms with E-state index in [4.69, 9.17) is 10.5 Å². The van der Waals surface area contributed by atoms with E-state index < -0.39 is 30.3 Å². The maximum atomic E-state index is 14.5. The molecule has 2 heterocycles. The number of morpholine rings is 1. The fraction of sp³-hybridized carbons (Fsp3) is 0.278. The smallest absolute Gasteiger partial charge is 0.276 e. The molecular weight excluding hydrogens is 455 g/mol. The second-order valence-corrected chi connectivity index (χ2v) is 7.22. The van der Waals surface area contributed by atoms with Crippen molar-refractivity contribution in [1.82, 2.24) is 10.3 Å². The van der Waals surface area contributed by atoms with Crippen molar-refractivity contribution in [3.63, 3.8) is 0 Å². The molecular formula is C18H17BrF3N5O2. The van der Waals surface area contributed by atoms with E-state index in [0.29, 0.717) is 4.47 Å². The molecule has 0 aliphatic carbocycles. The number of pyridine rings is 1. The summed E-state index contributed by atoms with van der Waals surface area (Å²) in [5.74, 6) is -1.38. The molecule has 1 aliphatic heterocycles. The van der Waals surface area contributed by atoms with Gasteiger partial charge in [-0.05, 0) is 40.2 Å².